The highest BCUT2D eigenvalue weighted by molar-refractivity contribution is 6.31. The van der Waals surface area contributed by atoms with Crippen molar-refractivity contribution in [1.82, 2.24) is 5.32 Å². The summed E-state index contributed by atoms with van der Waals surface area (Å²) in [5, 5.41) is 14.4. The number of ether oxygens (including phenoxy) is 1. The number of nitrogens with zero attached hydrogens (tertiary/aromatic N) is 1. The molecule has 20 heavy (non-hydrogen) atoms. The molecule has 112 valence electrons. The third-order valence-electron chi connectivity index (χ3n) is 3.80. The number of halogens is 1. The number of likely N-dealkylation sites (N-methyl/N-ethyl adjacent to an activating group) is 1. The van der Waals surface area contributed by atoms with Gasteiger partial charge in [-0.1, -0.05) is 17.7 Å². The van der Waals surface area contributed by atoms with Crippen LogP contribution in [0, 0.1) is 0 Å². The van der Waals surface area contributed by atoms with E-state index in [1.165, 1.54) is 0 Å². The SMILES string of the molecule is CNCc1ccc(N(C)CC2(O)CCOCC2)cc1Cl. The van der Waals surface area contributed by atoms with E-state index in [1.807, 2.05) is 32.3 Å². The summed E-state index contributed by atoms with van der Waals surface area (Å²) >= 11 is 6.28. The second-order valence-electron chi connectivity index (χ2n) is 5.50. The average Bonchev–Trinajstić information content (AvgIpc) is 2.41. The lowest BCUT2D eigenvalue weighted by molar-refractivity contribution is -0.0572. The Morgan fingerprint density at radius 1 is 1.40 bits per heavy atom. The lowest BCUT2D eigenvalue weighted by Crippen LogP contribution is -2.45. The molecule has 1 heterocycles. The van der Waals surface area contributed by atoms with Gasteiger partial charge in [0, 0.05) is 56.9 Å². The fourth-order valence-electron chi connectivity index (χ4n) is 2.55. The number of rotatable bonds is 5. The van der Waals surface area contributed by atoms with Crippen molar-refractivity contribution in [2.24, 2.45) is 0 Å². The molecule has 5 heteroatoms. The minimum Gasteiger partial charge on any atom is -0.388 e. The normalized spacial score (nSPS) is 18.0. The van der Waals surface area contributed by atoms with Crippen LogP contribution in [0.3, 0.4) is 0 Å². The number of anilines is 1. The zero-order valence-corrected chi connectivity index (χ0v) is 12.9. The first-order valence-corrected chi connectivity index (χ1v) is 7.36. The first-order chi connectivity index (χ1) is 9.54. The van der Waals surface area contributed by atoms with E-state index in [0.29, 0.717) is 32.6 Å². The van der Waals surface area contributed by atoms with Gasteiger partial charge >= 0.3 is 0 Å². The summed E-state index contributed by atoms with van der Waals surface area (Å²) in [6.45, 7) is 2.61. The highest BCUT2D eigenvalue weighted by Crippen LogP contribution is 2.27. The summed E-state index contributed by atoms with van der Waals surface area (Å²) in [5.74, 6) is 0. The van der Waals surface area contributed by atoms with Gasteiger partial charge in [-0.3, -0.25) is 0 Å². The Morgan fingerprint density at radius 3 is 2.70 bits per heavy atom. The molecule has 0 spiro atoms. The second-order valence-corrected chi connectivity index (χ2v) is 5.91. The lowest BCUT2D eigenvalue weighted by Gasteiger charge is -2.36. The molecule has 1 aromatic carbocycles. The number of aliphatic hydroxyl groups is 1. The molecule has 0 aliphatic carbocycles. The smallest absolute Gasteiger partial charge is 0.0865 e. The summed E-state index contributed by atoms with van der Waals surface area (Å²) in [7, 11) is 3.88. The Labute approximate surface area is 125 Å². The molecular formula is C15H23ClN2O2. The van der Waals surface area contributed by atoms with Crippen LogP contribution in [0.2, 0.25) is 5.02 Å². The van der Waals surface area contributed by atoms with Crippen LogP contribution >= 0.6 is 11.6 Å². The molecule has 1 aliphatic rings. The van der Waals surface area contributed by atoms with E-state index in [2.05, 4.69) is 10.2 Å². The van der Waals surface area contributed by atoms with E-state index in [9.17, 15) is 5.11 Å². The maximum absolute atomic E-state index is 10.5. The summed E-state index contributed by atoms with van der Waals surface area (Å²) in [6, 6.07) is 6.02. The van der Waals surface area contributed by atoms with Crippen molar-refractivity contribution in [2.45, 2.75) is 25.0 Å². The van der Waals surface area contributed by atoms with Crippen LogP contribution in [0.25, 0.3) is 0 Å². The monoisotopic (exact) mass is 298 g/mol. The Morgan fingerprint density at radius 2 is 2.10 bits per heavy atom. The zero-order valence-electron chi connectivity index (χ0n) is 12.2. The van der Waals surface area contributed by atoms with Crippen molar-refractivity contribution in [2.75, 3.05) is 38.8 Å². The molecule has 0 bridgehead atoms. The Balaban J connectivity index is 2.05. The van der Waals surface area contributed by atoms with E-state index in [4.69, 9.17) is 16.3 Å². The molecule has 0 amide bonds. The number of hydrogen-bond donors (Lipinski definition) is 2. The van der Waals surface area contributed by atoms with Crippen molar-refractivity contribution < 1.29 is 9.84 Å². The van der Waals surface area contributed by atoms with E-state index >= 15 is 0 Å². The van der Waals surface area contributed by atoms with Gasteiger partial charge in [-0.25, -0.2) is 0 Å². The van der Waals surface area contributed by atoms with Gasteiger partial charge in [0.25, 0.3) is 0 Å². The summed E-state index contributed by atoms with van der Waals surface area (Å²) in [5.41, 5.74) is 1.44. The molecule has 0 unspecified atom stereocenters. The molecule has 4 nitrogen and oxygen atoms in total. The molecule has 2 N–H and O–H groups in total. The maximum Gasteiger partial charge on any atom is 0.0865 e. The second kappa shape index (κ2) is 6.76. The molecule has 0 aromatic heterocycles. The van der Waals surface area contributed by atoms with Crippen molar-refractivity contribution in [3.05, 3.63) is 28.8 Å². The van der Waals surface area contributed by atoms with Crippen LogP contribution in [-0.4, -0.2) is 44.6 Å². The van der Waals surface area contributed by atoms with Crippen LogP contribution in [0.5, 0.6) is 0 Å². The molecule has 0 radical (unpaired) electrons. The van der Waals surface area contributed by atoms with Crippen molar-refractivity contribution in [1.29, 1.82) is 0 Å². The fraction of sp³-hybridized carbons (Fsp3) is 0.600. The van der Waals surface area contributed by atoms with Crippen LogP contribution in [0.15, 0.2) is 18.2 Å². The Kier molecular flexibility index (Phi) is 5.27. The molecule has 2 rings (SSSR count). The fourth-order valence-corrected chi connectivity index (χ4v) is 2.79. The quantitative estimate of drug-likeness (QED) is 0.873. The van der Waals surface area contributed by atoms with E-state index in [1.54, 1.807) is 0 Å². The lowest BCUT2D eigenvalue weighted by atomic mass is 9.94. The van der Waals surface area contributed by atoms with Crippen LogP contribution in [0.1, 0.15) is 18.4 Å². The minimum absolute atomic E-state index is 0.595. The van der Waals surface area contributed by atoms with Gasteiger partial charge in [-0.2, -0.15) is 0 Å². The van der Waals surface area contributed by atoms with E-state index in [-0.39, 0.29) is 0 Å². The van der Waals surface area contributed by atoms with Gasteiger partial charge in [0.1, 0.15) is 0 Å². The number of benzene rings is 1. The molecular weight excluding hydrogens is 276 g/mol. The van der Waals surface area contributed by atoms with Gasteiger partial charge in [-0.05, 0) is 24.7 Å². The van der Waals surface area contributed by atoms with Gasteiger partial charge in [0.05, 0.1) is 5.60 Å². The topological polar surface area (TPSA) is 44.7 Å². The largest absolute Gasteiger partial charge is 0.388 e. The highest BCUT2D eigenvalue weighted by atomic mass is 35.5. The maximum atomic E-state index is 10.5. The number of nitrogens with one attached hydrogen (secondary N) is 1. The van der Waals surface area contributed by atoms with Crippen LogP contribution in [-0.2, 0) is 11.3 Å². The summed E-state index contributed by atoms with van der Waals surface area (Å²) in [4.78, 5) is 2.06. The Bertz CT molecular complexity index is 447. The van der Waals surface area contributed by atoms with Crippen LogP contribution in [0.4, 0.5) is 5.69 Å². The third-order valence-corrected chi connectivity index (χ3v) is 4.15. The van der Waals surface area contributed by atoms with E-state index in [0.717, 1.165) is 22.8 Å². The number of hydrogen-bond acceptors (Lipinski definition) is 4. The Hall–Kier alpha value is -0.810. The van der Waals surface area contributed by atoms with Crippen molar-refractivity contribution in [3.63, 3.8) is 0 Å². The molecule has 1 aromatic rings. The zero-order chi connectivity index (χ0) is 14.6. The van der Waals surface area contributed by atoms with Crippen LogP contribution < -0.4 is 10.2 Å². The molecule has 0 saturated carbocycles. The first kappa shape index (κ1) is 15.6. The van der Waals surface area contributed by atoms with Gasteiger partial charge in [-0.15, -0.1) is 0 Å². The average molecular weight is 299 g/mol. The predicted molar refractivity (Wildman–Crippen MR) is 82.5 cm³/mol. The summed E-state index contributed by atoms with van der Waals surface area (Å²) < 4.78 is 5.31. The predicted octanol–water partition coefficient (Wildman–Crippen LogP) is 2.04. The standard InChI is InChI=1S/C15H23ClN2O2/c1-17-10-12-3-4-13(9-14(12)16)18(2)11-15(19)5-7-20-8-6-15/h3-4,9,17,19H,5-8,10-11H2,1-2H3. The third kappa shape index (κ3) is 3.85. The molecule has 1 saturated heterocycles. The van der Waals surface area contributed by atoms with Gasteiger partial charge in [0.2, 0.25) is 0 Å². The molecule has 0 atom stereocenters. The first-order valence-electron chi connectivity index (χ1n) is 6.98. The minimum atomic E-state index is -0.664. The molecule has 1 fully saturated rings. The van der Waals surface area contributed by atoms with Crippen molar-refractivity contribution in [3.8, 4) is 0 Å². The van der Waals surface area contributed by atoms with Gasteiger partial charge < -0.3 is 20.1 Å². The van der Waals surface area contributed by atoms with Crippen molar-refractivity contribution >= 4 is 17.3 Å². The summed E-state index contributed by atoms with van der Waals surface area (Å²) in [6.07, 6.45) is 1.37. The molecule has 1 aliphatic heterocycles. The van der Waals surface area contributed by atoms with Gasteiger partial charge in [0.15, 0.2) is 0 Å². The highest BCUT2D eigenvalue weighted by Gasteiger charge is 2.31. The van der Waals surface area contributed by atoms with E-state index < -0.39 is 5.60 Å².